The Hall–Kier alpha value is -2.11. The van der Waals surface area contributed by atoms with Crippen LogP contribution in [0.25, 0.3) is 0 Å². The predicted molar refractivity (Wildman–Crippen MR) is 67.5 cm³/mol. The molecule has 1 aliphatic heterocycles. The molecule has 0 spiro atoms. The van der Waals surface area contributed by atoms with Crippen LogP contribution in [-0.4, -0.2) is 23.4 Å². The van der Waals surface area contributed by atoms with E-state index in [-0.39, 0.29) is 17.6 Å². The van der Waals surface area contributed by atoms with Gasteiger partial charge < -0.3 is 10.6 Å². The van der Waals surface area contributed by atoms with Gasteiger partial charge in [-0.1, -0.05) is 0 Å². The molecule has 6 heteroatoms. The molecule has 0 saturated carbocycles. The van der Waals surface area contributed by atoms with Gasteiger partial charge in [0, 0.05) is 36.8 Å². The van der Waals surface area contributed by atoms with E-state index in [1.165, 1.54) is 12.1 Å². The molecule has 1 aliphatic rings. The van der Waals surface area contributed by atoms with E-state index in [1.54, 1.807) is 0 Å². The van der Waals surface area contributed by atoms with Crippen LogP contribution < -0.4 is 10.6 Å². The van der Waals surface area contributed by atoms with Crippen molar-refractivity contribution in [3.8, 4) is 0 Å². The Morgan fingerprint density at radius 1 is 1.44 bits per heavy atom. The van der Waals surface area contributed by atoms with Crippen LogP contribution in [0.3, 0.4) is 0 Å². The van der Waals surface area contributed by atoms with Crippen LogP contribution in [0.1, 0.15) is 18.4 Å². The van der Waals surface area contributed by atoms with Crippen molar-refractivity contribution >= 4 is 17.3 Å². The van der Waals surface area contributed by atoms with Crippen LogP contribution in [0.2, 0.25) is 0 Å². The number of aryl methyl sites for hydroxylation is 1. The van der Waals surface area contributed by atoms with Crippen LogP contribution in [0, 0.1) is 17.0 Å². The van der Waals surface area contributed by atoms with Crippen molar-refractivity contribution in [1.82, 2.24) is 5.32 Å². The molecule has 2 rings (SSSR count). The normalized spacial score (nSPS) is 19.2. The average Bonchev–Trinajstić information content (AvgIpc) is 2.31. The van der Waals surface area contributed by atoms with E-state index in [0.717, 1.165) is 17.7 Å². The van der Waals surface area contributed by atoms with Crippen LogP contribution in [0.5, 0.6) is 0 Å². The first-order valence-corrected chi connectivity index (χ1v) is 5.84. The number of nitro groups is 1. The van der Waals surface area contributed by atoms with Crippen molar-refractivity contribution in [2.45, 2.75) is 25.8 Å². The summed E-state index contributed by atoms with van der Waals surface area (Å²) in [5, 5.41) is 16.7. The Morgan fingerprint density at radius 3 is 2.83 bits per heavy atom. The minimum Gasteiger partial charge on any atom is -0.380 e. The summed E-state index contributed by atoms with van der Waals surface area (Å²) in [4.78, 5) is 21.4. The third-order valence-electron chi connectivity index (χ3n) is 2.91. The van der Waals surface area contributed by atoms with Gasteiger partial charge in [0.1, 0.15) is 0 Å². The Kier molecular flexibility index (Phi) is 3.45. The number of non-ortho nitro benzene ring substituents is 1. The SMILES string of the molecule is Cc1cc(NC2CCC(=O)NC2)cc([N+](=O)[O-])c1. The average molecular weight is 249 g/mol. The third-order valence-corrected chi connectivity index (χ3v) is 2.91. The minimum absolute atomic E-state index is 0.0586. The number of carbonyl (C=O) groups excluding carboxylic acids is 1. The maximum atomic E-state index is 11.0. The Morgan fingerprint density at radius 2 is 2.22 bits per heavy atom. The quantitative estimate of drug-likeness (QED) is 0.629. The highest BCUT2D eigenvalue weighted by Crippen LogP contribution is 2.22. The second-order valence-electron chi connectivity index (χ2n) is 4.50. The molecular weight excluding hydrogens is 234 g/mol. The number of hydrogen-bond donors (Lipinski definition) is 2. The standard InChI is InChI=1S/C12H15N3O3/c1-8-4-10(6-11(5-8)15(17)18)14-9-2-3-12(16)13-7-9/h4-6,9,14H,2-3,7H2,1H3,(H,13,16). The van der Waals surface area contributed by atoms with Crippen molar-refractivity contribution in [2.75, 3.05) is 11.9 Å². The Balaban J connectivity index is 2.09. The number of anilines is 1. The van der Waals surface area contributed by atoms with Crippen LogP contribution in [-0.2, 0) is 4.79 Å². The summed E-state index contributed by atoms with van der Waals surface area (Å²) in [6.07, 6.45) is 1.24. The van der Waals surface area contributed by atoms with Gasteiger partial charge in [-0.25, -0.2) is 0 Å². The van der Waals surface area contributed by atoms with Gasteiger partial charge in [0.25, 0.3) is 5.69 Å². The van der Waals surface area contributed by atoms with Gasteiger partial charge >= 0.3 is 0 Å². The summed E-state index contributed by atoms with van der Waals surface area (Å²) >= 11 is 0. The first kappa shape index (κ1) is 12.3. The number of benzene rings is 1. The van der Waals surface area contributed by atoms with Gasteiger partial charge in [0.2, 0.25) is 5.91 Å². The number of nitro benzene ring substituents is 1. The lowest BCUT2D eigenvalue weighted by atomic mass is 10.1. The number of hydrogen-bond acceptors (Lipinski definition) is 4. The fourth-order valence-corrected chi connectivity index (χ4v) is 2.04. The Labute approximate surface area is 105 Å². The zero-order valence-corrected chi connectivity index (χ0v) is 10.1. The molecule has 1 unspecified atom stereocenters. The van der Waals surface area contributed by atoms with Crippen molar-refractivity contribution in [3.05, 3.63) is 33.9 Å². The molecule has 1 amide bonds. The maximum Gasteiger partial charge on any atom is 0.271 e. The molecule has 0 bridgehead atoms. The first-order valence-electron chi connectivity index (χ1n) is 5.84. The molecule has 2 N–H and O–H groups in total. The van der Waals surface area contributed by atoms with Crippen molar-refractivity contribution in [3.63, 3.8) is 0 Å². The number of amides is 1. The highest BCUT2D eigenvalue weighted by Gasteiger charge is 2.18. The van der Waals surface area contributed by atoms with Crippen molar-refractivity contribution < 1.29 is 9.72 Å². The molecule has 1 aromatic carbocycles. The van der Waals surface area contributed by atoms with Crippen LogP contribution in [0.15, 0.2) is 18.2 Å². The summed E-state index contributed by atoms with van der Waals surface area (Å²) in [5.41, 5.74) is 1.65. The predicted octanol–water partition coefficient (Wildman–Crippen LogP) is 1.59. The van der Waals surface area contributed by atoms with E-state index in [9.17, 15) is 14.9 Å². The summed E-state index contributed by atoms with van der Waals surface area (Å²) in [7, 11) is 0. The van der Waals surface area contributed by atoms with E-state index in [4.69, 9.17) is 0 Å². The molecule has 96 valence electrons. The highest BCUT2D eigenvalue weighted by atomic mass is 16.6. The van der Waals surface area contributed by atoms with Gasteiger partial charge in [-0.2, -0.15) is 0 Å². The largest absolute Gasteiger partial charge is 0.380 e. The number of carbonyl (C=O) groups is 1. The zero-order chi connectivity index (χ0) is 13.1. The molecule has 0 radical (unpaired) electrons. The molecule has 18 heavy (non-hydrogen) atoms. The maximum absolute atomic E-state index is 11.0. The second kappa shape index (κ2) is 5.03. The van der Waals surface area contributed by atoms with Crippen LogP contribution in [0.4, 0.5) is 11.4 Å². The molecule has 1 fully saturated rings. The smallest absolute Gasteiger partial charge is 0.271 e. The fraction of sp³-hybridized carbons (Fsp3) is 0.417. The van der Waals surface area contributed by atoms with E-state index in [1.807, 2.05) is 13.0 Å². The number of nitrogens with one attached hydrogen (secondary N) is 2. The van der Waals surface area contributed by atoms with Gasteiger partial charge in [0.15, 0.2) is 0 Å². The highest BCUT2D eigenvalue weighted by molar-refractivity contribution is 5.77. The molecule has 1 aromatic rings. The van der Waals surface area contributed by atoms with Crippen molar-refractivity contribution in [1.29, 1.82) is 0 Å². The molecule has 6 nitrogen and oxygen atoms in total. The number of rotatable bonds is 3. The van der Waals surface area contributed by atoms with E-state index >= 15 is 0 Å². The molecule has 0 aromatic heterocycles. The van der Waals surface area contributed by atoms with E-state index in [0.29, 0.717) is 13.0 Å². The summed E-state index contributed by atoms with van der Waals surface area (Å²) in [5.74, 6) is 0.0586. The lowest BCUT2D eigenvalue weighted by Crippen LogP contribution is -2.41. The second-order valence-corrected chi connectivity index (χ2v) is 4.50. The summed E-state index contributed by atoms with van der Waals surface area (Å²) < 4.78 is 0. The monoisotopic (exact) mass is 249 g/mol. The molecule has 0 aliphatic carbocycles. The minimum atomic E-state index is -0.402. The third kappa shape index (κ3) is 2.97. The molecule has 1 atom stereocenters. The van der Waals surface area contributed by atoms with Gasteiger partial charge in [0.05, 0.1) is 4.92 Å². The zero-order valence-electron chi connectivity index (χ0n) is 10.1. The van der Waals surface area contributed by atoms with Gasteiger partial charge in [-0.3, -0.25) is 14.9 Å². The Bertz CT molecular complexity index is 477. The fourth-order valence-electron chi connectivity index (χ4n) is 2.04. The molecular formula is C12H15N3O3. The first-order chi connectivity index (χ1) is 8.54. The number of nitrogens with zero attached hydrogens (tertiary/aromatic N) is 1. The topological polar surface area (TPSA) is 84.3 Å². The van der Waals surface area contributed by atoms with Crippen LogP contribution >= 0.6 is 0 Å². The van der Waals surface area contributed by atoms with Gasteiger partial charge in [-0.05, 0) is 25.0 Å². The summed E-state index contributed by atoms with van der Waals surface area (Å²) in [6.45, 7) is 2.38. The lowest BCUT2D eigenvalue weighted by Gasteiger charge is -2.24. The lowest BCUT2D eigenvalue weighted by molar-refractivity contribution is -0.384. The molecule has 1 heterocycles. The van der Waals surface area contributed by atoms with E-state index < -0.39 is 4.92 Å². The number of piperidine rings is 1. The van der Waals surface area contributed by atoms with E-state index in [2.05, 4.69) is 10.6 Å². The summed E-state index contributed by atoms with van der Waals surface area (Å²) in [6, 6.07) is 5.05. The van der Waals surface area contributed by atoms with Gasteiger partial charge in [-0.15, -0.1) is 0 Å². The van der Waals surface area contributed by atoms with Crippen molar-refractivity contribution in [2.24, 2.45) is 0 Å². The molecule has 1 saturated heterocycles.